The van der Waals surface area contributed by atoms with Crippen molar-refractivity contribution < 1.29 is 23.5 Å². The van der Waals surface area contributed by atoms with Crippen molar-refractivity contribution in [3.63, 3.8) is 0 Å². The zero-order valence-electron chi connectivity index (χ0n) is 20.3. The van der Waals surface area contributed by atoms with Crippen molar-refractivity contribution in [2.45, 2.75) is 33.9 Å². The number of hydrogen-bond acceptors (Lipinski definition) is 5. The molecule has 7 heteroatoms. The lowest BCUT2D eigenvalue weighted by Gasteiger charge is -2.21. The van der Waals surface area contributed by atoms with Gasteiger partial charge in [0.15, 0.2) is 5.78 Å². The summed E-state index contributed by atoms with van der Waals surface area (Å²) in [6, 6.07) is 16.8. The second-order valence-electron chi connectivity index (χ2n) is 8.40. The van der Waals surface area contributed by atoms with E-state index >= 15 is 0 Å². The fraction of sp³-hybridized carbons (Fsp3) is 0.250. The van der Waals surface area contributed by atoms with Gasteiger partial charge in [-0.25, -0.2) is 4.79 Å². The molecule has 0 atom stereocenters. The minimum Gasteiger partial charge on any atom is -0.467 e. The van der Waals surface area contributed by atoms with Gasteiger partial charge in [0, 0.05) is 23.4 Å². The molecule has 0 N–H and O–H groups in total. The first-order chi connectivity index (χ1) is 16.8. The number of ketones is 1. The number of aromatic nitrogens is 1. The van der Waals surface area contributed by atoms with Crippen molar-refractivity contribution in [3.05, 3.63) is 94.7 Å². The molecule has 0 fully saturated rings. The fourth-order valence-corrected chi connectivity index (χ4v) is 4.61. The number of benzene rings is 2. The number of rotatable bonds is 8. The van der Waals surface area contributed by atoms with Gasteiger partial charge in [-0.2, -0.15) is 0 Å². The van der Waals surface area contributed by atoms with E-state index in [1.54, 1.807) is 36.6 Å². The van der Waals surface area contributed by atoms with E-state index in [1.165, 1.54) is 18.3 Å². The number of fused-ring (bicyclic) bond motifs is 1. The Morgan fingerprint density at radius 2 is 1.74 bits per heavy atom. The van der Waals surface area contributed by atoms with Gasteiger partial charge in [-0.05, 0) is 61.4 Å². The number of methoxy groups -OCH3 is 1. The van der Waals surface area contributed by atoms with Crippen molar-refractivity contribution in [1.82, 2.24) is 9.47 Å². The van der Waals surface area contributed by atoms with Crippen molar-refractivity contribution in [2.24, 2.45) is 0 Å². The van der Waals surface area contributed by atoms with Crippen molar-refractivity contribution >= 4 is 28.4 Å². The molecule has 0 spiro atoms. The number of carbonyl (C=O) groups is 3. The average Bonchev–Trinajstić information content (AvgIpc) is 3.47. The van der Waals surface area contributed by atoms with E-state index in [4.69, 9.17) is 9.15 Å². The number of ether oxygens (including phenoxy) is 1. The molecule has 0 aliphatic carbocycles. The van der Waals surface area contributed by atoms with Gasteiger partial charge in [0.25, 0.3) is 5.91 Å². The highest BCUT2D eigenvalue weighted by Gasteiger charge is 2.29. The monoisotopic (exact) mass is 472 g/mol. The van der Waals surface area contributed by atoms with E-state index in [0.717, 1.165) is 10.8 Å². The Bertz CT molecular complexity index is 1400. The molecular weight excluding hydrogens is 444 g/mol. The lowest BCUT2D eigenvalue weighted by atomic mass is 10.0. The summed E-state index contributed by atoms with van der Waals surface area (Å²) in [6.07, 6.45) is 1.54. The number of esters is 1. The van der Waals surface area contributed by atoms with Crippen LogP contribution in [0.15, 0.2) is 65.3 Å². The Kier molecular flexibility index (Phi) is 6.87. The lowest BCUT2D eigenvalue weighted by molar-refractivity contribution is 0.0587. The van der Waals surface area contributed by atoms with Crippen LogP contribution in [0, 0.1) is 13.8 Å². The van der Waals surface area contributed by atoms with Crippen LogP contribution < -0.4 is 0 Å². The largest absolute Gasteiger partial charge is 0.467 e. The number of furan rings is 1. The summed E-state index contributed by atoms with van der Waals surface area (Å²) in [6.45, 7) is 5.93. The standard InChI is InChI=1S/C28H28N2O5/c1-5-30-19(3)25(18(2)26(30)28(33)34-4)24(31)17-29(16-23-11-8-14-35-23)27(32)22-13-12-20-9-6-7-10-21(20)15-22/h6-15H,5,16-17H2,1-4H3. The summed E-state index contributed by atoms with van der Waals surface area (Å²) >= 11 is 0. The van der Waals surface area contributed by atoms with Gasteiger partial charge < -0.3 is 18.6 Å². The molecule has 0 saturated heterocycles. The molecule has 1 amide bonds. The first kappa shape index (κ1) is 24.0. The van der Waals surface area contributed by atoms with Crippen molar-refractivity contribution in [1.29, 1.82) is 0 Å². The summed E-state index contributed by atoms with van der Waals surface area (Å²) in [5, 5.41) is 1.97. The first-order valence-electron chi connectivity index (χ1n) is 11.5. The Balaban J connectivity index is 1.70. The van der Waals surface area contributed by atoms with E-state index in [9.17, 15) is 14.4 Å². The summed E-state index contributed by atoms with van der Waals surface area (Å²) in [5.74, 6) is -0.454. The molecule has 2 aromatic carbocycles. The summed E-state index contributed by atoms with van der Waals surface area (Å²) < 4.78 is 12.2. The molecule has 4 rings (SSSR count). The third-order valence-corrected chi connectivity index (χ3v) is 6.29. The smallest absolute Gasteiger partial charge is 0.354 e. The van der Waals surface area contributed by atoms with Crippen LogP contribution in [0.4, 0.5) is 0 Å². The number of Topliss-reactive ketones (excluding diaryl/α,β-unsaturated/α-hetero) is 1. The number of amides is 1. The zero-order valence-corrected chi connectivity index (χ0v) is 20.3. The molecule has 2 aromatic heterocycles. The summed E-state index contributed by atoms with van der Waals surface area (Å²) in [5.41, 5.74) is 2.50. The van der Waals surface area contributed by atoms with Gasteiger partial charge in [0.1, 0.15) is 11.5 Å². The molecule has 0 aliphatic rings. The molecular formula is C28H28N2O5. The Hall–Kier alpha value is -4.13. The number of hydrogen-bond donors (Lipinski definition) is 0. The third kappa shape index (κ3) is 4.62. The molecule has 7 nitrogen and oxygen atoms in total. The van der Waals surface area contributed by atoms with Crippen LogP contribution in [0.25, 0.3) is 10.8 Å². The minimum atomic E-state index is -0.494. The Labute approximate surface area is 203 Å². The second kappa shape index (κ2) is 10.0. The van der Waals surface area contributed by atoms with Gasteiger partial charge in [-0.1, -0.05) is 30.3 Å². The van der Waals surface area contributed by atoms with Gasteiger partial charge in [-0.15, -0.1) is 0 Å². The predicted molar refractivity (Wildman–Crippen MR) is 133 cm³/mol. The highest BCUT2D eigenvalue weighted by molar-refractivity contribution is 6.06. The molecule has 0 saturated carbocycles. The van der Waals surface area contributed by atoms with Gasteiger partial charge in [0.2, 0.25) is 0 Å². The summed E-state index contributed by atoms with van der Waals surface area (Å²) in [4.78, 5) is 41.0. The molecule has 35 heavy (non-hydrogen) atoms. The molecule has 0 bridgehead atoms. The highest BCUT2D eigenvalue weighted by Crippen LogP contribution is 2.25. The quantitative estimate of drug-likeness (QED) is 0.261. The molecule has 2 heterocycles. The highest BCUT2D eigenvalue weighted by atomic mass is 16.5. The van der Waals surface area contributed by atoms with Gasteiger partial charge in [0.05, 0.1) is 26.5 Å². The molecule has 0 unspecified atom stereocenters. The topological polar surface area (TPSA) is 81.8 Å². The maximum absolute atomic E-state index is 13.6. The van der Waals surface area contributed by atoms with Gasteiger partial charge in [-0.3, -0.25) is 9.59 Å². The summed E-state index contributed by atoms with van der Waals surface area (Å²) in [7, 11) is 1.32. The zero-order chi connectivity index (χ0) is 25.1. The van der Waals surface area contributed by atoms with Crippen LogP contribution in [0.5, 0.6) is 0 Å². The van der Waals surface area contributed by atoms with E-state index < -0.39 is 5.97 Å². The Morgan fingerprint density at radius 1 is 1.00 bits per heavy atom. The van der Waals surface area contributed by atoms with E-state index in [1.807, 2.05) is 43.3 Å². The van der Waals surface area contributed by atoms with E-state index in [2.05, 4.69) is 0 Å². The average molecular weight is 473 g/mol. The van der Waals surface area contributed by atoms with Crippen molar-refractivity contribution in [2.75, 3.05) is 13.7 Å². The molecule has 4 aromatic rings. The normalized spacial score (nSPS) is 11.0. The maximum Gasteiger partial charge on any atom is 0.354 e. The van der Waals surface area contributed by atoms with Crippen LogP contribution in [0.1, 0.15) is 55.1 Å². The van der Waals surface area contributed by atoms with Crippen LogP contribution in [0.2, 0.25) is 0 Å². The third-order valence-electron chi connectivity index (χ3n) is 6.29. The minimum absolute atomic E-state index is 0.140. The van der Waals surface area contributed by atoms with E-state index in [0.29, 0.717) is 40.4 Å². The van der Waals surface area contributed by atoms with Crippen molar-refractivity contribution in [3.8, 4) is 0 Å². The SMILES string of the molecule is CCn1c(C)c(C(=O)CN(Cc2ccco2)C(=O)c2ccc3ccccc3c2)c(C)c1C(=O)OC. The van der Waals surface area contributed by atoms with Crippen LogP contribution in [0.3, 0.4) is 0 Å². The predicted octanol–water partition coefficient (Wildman–Crippen LogP) is 5.18. The number of carbonyl (C=O) groups excluding carboxylic acids is 3. The molecule has 0 radical (unpaired) electrons. The van der Waals surface area contributed by atoms with Crippen LogP contribution in [-0.4, -0.2) is 40.8 Å². The van der Waals surface area contributed by atoms with Crippen LogP contribution >= 0.6 is 0 Å². The second-order valence-corrected chi connectivity index (χ2v) is 8.40. The van der Waals surface area contributed by atoms with E-state index in [-0.39, 0.29) is 24.8 Å². The van der Waals surface area contributed by atoms with Crippen LogP contribution in [-0.2, 0) is 17.8 Å². The molecule has 0 aliphatic heterocycles. The first-order valence-corrected chi connectivity index (χ1v) is 11.5. The number of nitrogens with zero attached hydrogens (tertiary/aromatic N) is 2. The maximum atomic E-state index is 13.6. The lowest BCUT2D eigenvalue weighted by Crippen LogP contribution is -2.35. The van der Waals surface area contributed by atoms with Gasteiger partial charge >= 0.3 is 5.97 Å². The molecule has 180 valence electrons. The Morgan fingerprint density at radius 3 is 2.40 bits per heavy atom. The fourth-order valence-electron chi connectivity index (χ4n) is 4.61.